The van der Waals surface area contributed by atoms with Crippen LogP contribution in [0.4, 0.5) is 5.69 Å². The first-order valence-corrected chi connectivity index (χ1v) is 4.20. The van der Waals surface area contributed by atoms with E-state index in [1.54, 1.807) is 0 Å². The maximum atomic E-state index is 10.4. The fourth-order valence-corrected chi connectivity index (χ4v) is 1.43. The summed E-state index contributed by atoms with van der Waals surface area (Å²) in [4.78, 5) is 9.67. The van der Waals surface area contributed by atoms with Crippen molar-refractivity contribution in [2.45, 2.75) is 5.88 Å². The highest BCUT2D eigenvalue weighted by molar-refractivity contribution is 6.32. The van der Waals surface area contributed by atoms with Crippen LogP contribution in [0.15, 0.2) is 12.1 Å². The lowest BCUT2D eigenvalue weighted by molar-refractivity contribution is -0.385. The van der Waals surface area contributed by atoms with E-state index < -0.39 is 10.7 Å². The van der Waals surface area contributed by atoms with Crippen LogP contribution in [0.2, 0.25) is 5.02 Å². The topological polar surface area (TPSA) is 63.4 Å². The summed E-state index contributed by atoms with van der Waals surface area (Å²) in [6.45, 7) is 0. The molecule has 0 radical (unpaired) electrons. The summed E-state index contributed by atoms with van der Waals surface area (Å²) < 4.78 is 0. The zero-order valence-electron chi connectivity index (χ0n) is 6.33. The first-order chi connectivity index (χ1) is 6.07. The van der Waals surface area contributed by atoms with E-state index in [9.17, 15) is 15.2 Å². The van der Waals surface area contributed by atoms with Crippen LogP contribution in [0, 0.1) is 10.1 Å². The molecule has 1 aromatic rings. The number of phenolic OH excluding ortho intramolecular Hbond substituents is 1. The van der Waals surface area contributed by atoms with Crippen LogP contribution in [-0.4, -0.2) is 10.0 Å². The van der Waals surface area contributed by atoms with Crippen LogP contribution in [0.25, 0.3) is 0 Å². The van der Waals surface area contributed by atoms with Gasteiger partial charge in [-0.05, 0) is 6.07 Å². The van der Waals surface area contributed by atoms with E-state index in [1.807, 2.05) is 0 Å². The third-order valence-electron chi connectivity index (χ3n) is 1.53. The van der Waals surface area contributed by atoms with Crippen LogP contribution in [0.3, 0.4) is 0 Å². The Hall–Kier alpha value is -1.00. The monoisotopic (exact) mass is 221 g/mol. The van der Waals surface area contributed by atoms with Crippen LogP contribution >= 0.6 is 23.2 Å². The zero-order valence-corrected chi connectivity index (χ0v) is 7.84. The third kappa shape index (κ3) is 1.84. The van der Waals surface area contributed by atoms with Gasteiger partial charge in [0.15, 0.2) is 5.75 Å². The summed E-state index contributed by atoms with van der Waals surface area (Å²) >= 11 is 11.1. The number of benzene rings is 1. The second kappa shape index (κ2) is 3.81. The summed E-state index contributed by atoms with van der Waals surface area (Å²) in [5.74, 6) is -0.528. The molecule has 4 nitrogen and oxygen atoms in total. The molecule has 0 unspecified atom stereocenters. The lowest BCUT2D eigenvalue weighted by atomic mass is 10.2. The summed E-state index contributed by atoms with van der Waals surface area (Å²) in [5.41, 5.74) is -0.211. The average molecular weight is 222 g/mol. The smallest absolute Gasteiger partial charge is 0.311 e. The van der Waals surface area contributed by atoms with Gasteiger partial charge in [-0.25, -0.2) is 0 Å². The minimum Gasteiger partial charge on any atom is -0.502 e. The molecule has 0 aliphatic carbocycles. The fraction of sp³-hybridized carbons (Fsp3) is 0.143. The molecule has 1 rings (SSSR count). The molecule has 70 valence electrons. The van der Waals surface area contributed by atoms with Gasteiger partial charge in [-0.1, -0.05) is 11.6 Å². The minimum absolute atomic E-state index is 0.0631. The third-order valence-corrected chi connectivity index (χ3v) is 2.16. The van der Waals surface area contributed by atoms with E-state index in [0.717, 1.165) is 6.07 Å². The van der Waals surface area contributed by atoms with Crippen LogP contribution in [-0.2, 0) is 5.88 Å². The van der Waals surface area contributed by atoms with E-state index in [2.05, 4.69) is 0 Å². The molecule has 0 bridgehead atoms. The number of nitro benzene ring substituents is 1. The second-order valence-electron chi connectivity index (χ2n) is 2.28. The van der Waals surface area contributed by atoms with E-state index >= 15 is 0 Å². The first kappa shape index (κ1) is 10.1. The highest BCUT2D eigenvalue weighted by atomic mass is 35.5. The van der Waals surface area contributed by atoms with E-state index in [-0.39, 0.29) is 22.2 Å². The number of aromatic hydroxyl groups is 1. The molecule has 13 heavy (non-hydrogen) atoms. The highest BCUT2D eigenvalue weighted by Gasteiger charge is 2.18. The molecular weight excluding hydrogens is 217 g/mol. The molecule has 1 N–H and O–H groups in total. The van der Waals surface area contributed by atoms with Crippen molar-refractivity contribution in [1.82, 2.24) is 0 Å². The number of rotatable bonds is 2. The minimum atomic E-state index is -0.693. The van der Waals surface area contributed by atoms with Crippen molar-refractivity contribution in [3.8, 4) is 5.75 Å². The first-order valence-electron chi connectivity index (χ1n) is 3.28. The summed E-state index contributed by atoms with van der Waals surface area (Å²) in [6.07, 6.45) is 0. The molecule has 0 aliphatic heterocycles. The Morgan fingerprint density at radius 2 is 2.15 bits per heavy atom. The molecule has 0 saturated carbocycles. The fourth-order valence-electron chi connectivity index (χ4n) is 0.874. The predicted molar refractivity (Wildman–Crippen MR) is 49.3 cm³/mol. The normalized spacial score (nSPS) is 10.0. The molecule has 0 aliphatic rings. The van der Waals surface area contributed by atoms with Gasteiger partial charge >= 0.3 is 5.69 Å². The largest absolute Gasteiger partial charge is 0.502 e. The van der Waals surface area contributed by atoms with E-state index in [0.29, 0.717) is 0 Å². The molecule has 6 heteroatoms. The van der Waals surface area contributed by atoms with Gasteiger partial charge in [0, 0.05) is 16.7 Å². The molecule has 0 atom stereocenters. The van der Waals surface area contributed by atoms with Crippen LogP contribution < -0.4 is 0 Å². The Morgan fingerprint density at radius 3 is 2.62 bits per heavy atom. The van der Waals surface area contributed by atoms with Gasteiger partial charge in [0.1, 0.15) is 0 Å². The maximum absolute atomic E-state index is 10.4. The van der Waals surface area contributed by atoms with Crippen molar-refractivity contribution in [2.24, 2.45) is 0 Å². The van der Waals surface area contributed by atoms with Crippen molar-refractivity contribution >= 4 is 28.9 Å². The maximum Gasteiger partial charge on any atom is 0.311 e. The highest BCUT2D eigenvalue weighted by Crippen LogP contribution is 2.35. The van der Waals surface area contributed by atoms with E-state index in [1.165, 1.54) is 6.07 Å². The number of nitrogens with zero attached hydrogens (tertiary/aromatic N) is 1. The number of nitro groups is 1. The Morgan fingerprint density at radius 1 is 1.54 bits per heavy atom. The molecule has 0 fully saturated rings. The average Bonchev–Trinajstić information content (AvgIpc) is 2.04. The van der Waals surface area contributed by atoms with Gasteiger partial charge in [0.25, 0.3) is 0 Å². The van der Waals surface area contributed by atoms with Crippen LogP contribution in [0.1, 0.15) is 5.56 Å². The van der Waals surface area contributed by atoms with Crippen molar-refractivity contribution in [2.75, 3.05) is 0 Å². The summed E-state index contributed by atoms with van der Waals surface area (Å²) in [6, 6.07) is 2.46. The molecule has 0 saturated heterocycles. The zero-order chi connectivity index (χ0) is 10.0. The number of phenols is 1. The van der Waals surface area contributed by atoms with Gasteiger partial charge in [-0.2, -0.15) is 0 Å². The van der Waals surface area contributed by atoms with Crippen LogP contribution in [0.5, 0.6) is 5.75 Å². The number of hydrogen-bond acceptors (Lipinski definition) is 3. The Balaban J connectivity index is 3.35. The van der Waals surface area contributed by atoms with Crippen molar-refractivity contribution in [3.05, 3.63) is 32.8 Å². The Kier molecular flexibility index (Phi) is 2.95. The summed E-state index contributed by atoms with van der Waals surface area (Å²) in [5, 5.41) is 19.9. The van der Waals surface area contributed by atoms with Gasteiger partial charge in [0.2, 0.25) is 0 Å². The number of alkyl halides is 1. The van der Waals surface area contributed by atoms with Gasteiger partial charge in [-0.3, -0.25) is 10.1 Å². The molecule has 0 spiro atoms. The lowest BCUT2D eigenvalue weighted by Gasteiger charge is -2.02. The van der Waals surface area contributed by atoms with Crippen molar-refractivity contribution in [3.63, 3.8) is 0 Å². The van der Waals surface area contributed by atoms with Crippen molar-refractivity contribution < 1.29 is 10.0 Å². The number of halogens is 2. The molecular formula is C7H5Cl2NO3. The van der Waals surface area contributed by atoms with Crippen molar-refractivity contribution in [1.29, 1.82) is 0 Å². The quantitative estimate of drug-likeness (QED) is 0.475. The molecule has 1 aromatic carbocycles. The van der Waals surface area contributed by atoms with Gasteiger partial charge in [-0.15, -0.1) is 11.6 Å². The molecule has 0 aromatic heterocycles. The standard InChI is InChI=1S/C7H5Cl2NO3/c8-3-4-5(9)1-2-6(7(4)11)10(12)13/h1-2,11H,3H2. The predicted octanol–water partition coefficient (Wildman–Crippen LogP) is 2.69. The van der Waals surface area contributed by atoms with Gasteiger partial charge in [0.05, 0.1) is 10.8 Å². The lowest BCUT2D eigenvalue weighted by Crippen LogP contribution is -1.91. The van der Waals surface area contributed by atoms with E-state index in [4.69, 9.17) is 23.2 Å². The Bertz CT molecular complexity index is 354. The Labute approximate surface area is 83.9 Å². The SMILES string of the molecule is O=[N+]([O-])c1ccc(Cl)c(CCl)c1O. The second-order valence-corrected chi connectivity index (χ2v) is 2.96. The number of hydrogen-bond donors (Lipinski definition) is 1. The molecule has 0 heterocycles. The molecule has 0 amide bonds. The summed E-state index contributed by atoms with van der Waals surface area (Å²) in [7, 11) is 0. The van der Waals surface area contributed by atoms with Gasteiger partial charge < -0.3 is 5.11 Å².